The van der Waals surface area contributed by atoms with E-state index in [2.05, 4.69) is 17.4 Å². The van der Waals surface area contributed by atoms with Crippen LogP contribution in [-0.2, 0) is 28.3 Å². The third-order valence-electron chi connectivity index (χ3n) is 6.95. The van der Waals surface area contributed by atoms with E-state index in [1.807, 2.05) is 48.5 Å². The summed E-state index contributed by atoms with van der Waals surface area (Å²) in [4.78, 5) is 29.3. The second-order valence-corrected chi connectivity index (χ2v) is 11.5. The SMILES string of the molecule is O=C(NC1CCCCC1)[C@@H](Cc1ccccc1)N(Cc1c(Cl)cccc1Cl)C(=O)CSCc1ccccc1. The molecule has 1 aliphatic carbocycles. The Hall–Kier alpha value is -2.47. The molecule has 0 aromatic heterocycles. The molecule has 0 spiro atoms. The Morgan fingerprint density at radius 2 is 1.45 bits per heavy atom. The molecule has 1 saturated carbocycles. The molecule has 0 bridgehead atoms. The van der Waals surface area contributed by atoms with Crippen LogP contribution in [0.4, 0.5) is 0 Å². The van der Waals surface area contributed by atoms with Gasteiger partial charge in [-0.2, -0.15) is 0 Å². The molecule has 0 saturated heterocycles. The van der Waals surface area contributed by atoms with Crippen LogP contribution < -0.4 is 5.32 Å². The van der Waals surface area contributed by atoms with Crippen molar-refractivity contribution in [1.29, 1.82) is 0 Å². The number of amides is 2. The highest BCUT2D eigenvalue weighted by molar-refractivity contribution is 7.99. The summed E-state index contributed by atoms with van der Waals surface area (Å²) < 4.78 is 0. The van der Waals surface area contributed by atoms with Gasteiger partial charge in [0.15, 0.2) is 0 Å². The molecule has 0 heterocycles. The zero-order chi connectivity index (χ0) is 26.7. The molecular formula is C31H34Cl2N2O2S. The van der Waals surface area contributed by atoms with Crippen molar-refractivity contribution in [2.45, 2.75) is 62.9 Å². The number of hydrogen-bond acceptors (Lipinski definition) is 3. The molecule has 1 aliphatic rings. The van der Waals surface area contributed by atoms with E-state index in [0.717, 1.165) is 36.8 Å². The number of carbonyl (C=O) groups excluding carboxylic acids is 2. The Morgan fingerprint density at radius 3 is 2.08 bits per heavy atom. The summed E-state index contributed by atoms with van der Waals surface area (Å²) in [6.07, 6.45) is 5.79. The van der Waals surface area contributed by atoms with Gasteiger partial charge in [-0.25, -0.2) is 0 Å². The van der Waals surface area contributed by atoms with E-state index in [-0.39, 0.29) is 30.2 Å². The van der Waals surface area contributed by atoms with Gasteiger partial charge in [-0.1, -0.05) is 109 Å². The summed E-state index contributed by atoms with van der Waals surface area (Å²) in [6.45, 7) is 0.165. The Morgan fingerprint density at radius 1 is 0.842 bits per heavy atom. The monoisotopic (exact) mass is 568 g/mol. The first-order valence-electron chi connectivity index (χ1n) is 13.2. The fraction of sp³-hybridized carbons (Fsp3) is 0.355. The molecule has 1 fully saturated rings. The lowest BCUT2D eigenvalue weighted by molar-refractivity contribution is -0.139. The first kappa shape index (κ1) is 28.5. The smallest absolute Gasteiger partial charge is 0.243 e. The van der Waals surface area contributed by atoms with Crippen molar-refractivity contribution in [3.63, 3.8) is 0 Å². The largest absolute Gasteiger partial charge is 0.352 e. The highest BCUT2D eigenvalue weighted by Crippen LogP contribution is 2.28. The van der Waals surface area contributed by atoms with Crippen LogP contribution in [0.15, 0.2) is 78.9 Å². The normalized spacial score (nSPS) is 14.6. The number of rotatable bonds is 11. The topological polar surface area (TPSA) is 49.4 Å². The Labute approximate surface area is 240 Å². The van der Waals surface area contributed by atoms with Gasteiger partial charge in [0.2, 0.25) is 11.8 Å². The summed E-state index contributed by atoms with van der Waals surface area (Å²) in [5, 5.41) is 4.24. The summed E-state index contributed by atoms with van der Waals surface area (Å²) in [7, 11) is 0. The molecule has 4 nitrogen and oxygen atoms in total. The van der Waals surface area contributed by atoms with E-state index in [9.17, 15) is 9.59 Å². The summed E-state index contributed by atoms with van der Waals surface area (Å²) in [5.41, 5.74) is 2.80. The molecule has 1 atom stereocenters. The maximum Gasteiger partial charge on any atom is 0.243 e. The third-order valence-corrected chi connectivity index (χ3v) is 8.65. The molecule has 4 rings (SSSR count). The van der Waals surface area contributed by atoms with Crippen molar-refractivity contribution in [2.75, 3.05) is 5.75 Å². The maximum atomic E-state index is 13.8. The van der Waals surface area contributed by atoms with Gasteiger partial charge in [-0.05, 0) is 36.1 Å². The molecule has 200 valence electrons. The Kier molecular flexibility index (Phi) is 11.0. The third kappa shape index (κ3) is 8.26. The van der Waals surface area contributed by atoms with E-state index >= 15 is 0 Å². The van der Waals surface area contributed by atoms with Crippen LogP contribution in [-0.4, -0.2) is 34.6 Å². The number of nitrogens with one attached hydrogen (secondary N) is 1. The van der Waals surface area contributed by atoms with Gasteiger partial charge in [0, 0.05) is 40.4 Å². The van der Waals surface area contributed by atoms with E-state index in [4.69, 9.17) is 23.2 Å². The molecule has 1 N–H and O–H groups in total. The minimum absolute atomic E-state index is 0.110. The second kappa shape index (κ2) is 14.6. The molecular weight excluding hydrogens is 535 g/mol. The second-order valence-electron chi connectivity index (χ2n) is 9.75. The van der Waals surface area contributed by atoms with Crippen molar-refractivity contribution in [3.05, 3.63) is 106 Å². The number of benzene rings is 3. The molecule has 0 unspecified atom stereocenters. The van der Waals surface area contributed by atoms with Crippen LogP contribution in [0.25, 0.3) is 0 Å². The van der Waals surface area contributed by atoms with Crippen LogP contribution in [0.1, 0.15) is 48.8 Å². The van der Waals surface area contributed by atoms with E-state index in [0.29, 0.717) is 27.8 Å². The van der Waals surface area contributed by atoms with E-state index in [1.54, 1.807) is 34.9 Å². The van der Waals surface area contributed by atoms with Gasteiger partial charge in [0.25, 0.3) is 0 Å². The molecule has 2 amide bonds. The highest BCUT2D eigenvalue weighted by atomic mass is 35.5. The highest BCUT2D eigenvalue weighted by Gasteiger charge is 2.32. The fourth-order valence-electron chi connectivity index (χ4n) is 4.87. The number of thioether (sulfide) groups is 1. The molecule has 3 aromatic carbocycles. The van der Waals surface area contributed by atoms with E-state index < -0.39 is 6.04 Å². The van der Waals surface area contributed by atoms with Crippen LogP contribution in [0, 0.1) is 0 Å². The van der Waals surface area contributed by atoms with Crippen LogP contribution >= 0.6 is 35.0 Å². The first-order chi connectivity index (χ1) is 18.5. The van der Waals surface area contributed by atoms with Gasteiger partial charge in [-0.3, -0.25) is 9.59 Å². The predicted octanol–water partition coefficient (Wildman–Crippen LogP) is 7.32. The molecule has 3 aromatic rings. The van der Waals surface area contributed by atoms with Crippen LogP contribution in [0.2, 0.25) is 10.0 Å². The zero-order valence-corrected chi connectivity index (χ0v) is 23.8. The Balaban J connectivity index is 1.60. The first-order valence-corrected chi connectivity index (χ1v) is 15.1. The zero-order valence-electron chi connectivity index (χ0n) is 21.5. The van der Waals surface area contributed by atoms with Crippen molar-refractivity contribution >= 4 is 46.8 Å². The van der Waals surface area contributed by atoms with Gasteiger partial charge in [0.1, 0.15) is 6.04 Å². The van der Waals surface area contributed by atoms with Gasteiger partial charge in [0.05, 0.1) is 5.75 Å². The van der Waals surface area contributed by atoms with Gasteiger partial charge < -0.3 is 10.2 Å². The predicted molar refractivity (Wildman–Crippen MR) is 159 cm³/mol. The minimum Gasteiger partial charge on any atom is -0.352 e. The quantitative estimate of drug-likeness (QED) is 0.263. The number of halogens is 2. The maximum absolute atomic E-state index is 13.8. The van der Waals surface area contributed by atoms with Crippen LogP contribution in [0.3, 0.4) is 0 Å². The molecule has 7 heteroatoms. The number of hydrogen-bond donors (Lipinski definition) is 1. The molecule has 0 aliphatic heterocycles. The minimum atomic E-state index is -0.684. The van der Waals surface area contributed by atoms with Crippen molar-refractivity contribution in [3.8, 4) is 0 Å². The van der Waals surface area contributed by atoms with Crippen molar-refractivity contribution < 1.29 is 9.59 Å². The van der Waals surface area contributed by atoms with Crippen molar-refractivity contribution in [1.82, 2.24) is 10.2 Å². The van der Waals surface area contributed by atoms with E-state index in [1.165, 1.54) is 6.42 Å². The summed E-state index contributed by atoms with van der Waals surface area (Å²) >= 11 is 14.6. The lowest BCUT2D eigenvalue weighted by Crippen LogP contribution is -2.53. The summed E-state index contributed by atoms with van der Waals surface area (Å²) in [6, 6.07) is 24.7. The fourth-order valence-corrected chi connectivity index (χ4v) is 6.25. The standard InChI is InChI=1S/C31H34Cl2N2O2S/c32-27-17-10-18-28(33)26(27)20-35(30(36)22-38-21-24-13-6-2-7-14-24)29(19-23-11-4-1-5-12-23)31(37)34-25-15-8-3-9-16-25/h1-2,4-7,10-14,17-18,25,29H,3,8-9,15-16,19-22H2,(H,34,37)/t29-/m1/s1. The number of carbonyl (C=O) groups is 2. The lowest BCUT2D eigenvalue weighted by Gasteiger charge is -2.34. The average Bonchev–Trinajstić information content (AvgIpc) is 2.93. The summed E-state index contributed by atoms with van der Waals surface area (Å²) in [5.74, 6) is 0.733. The molecule has 38 heavy (non-hydrogen) atoms. The van der Waals surface area contributed by atoms with Gasteiger partial charge in [-0.15, -0.1) is 11.8 Å². The lowest BCUT2D eigenvalue weighted by atomic mass is 9.94. The molecule has 0 radical (unpaired) electrons. The van der Waals surface area contributed by atoms with Crippen molar-refractivity contribution in [2.24, 2.45) is 0 Å². The van der Waals surface area contributed by atoms with Gasteiger partial charge >= 0.3 is 0 Å². The number of nitrogens with zero attached hydrogens (tertiary/aromatic N) is 1. The van der Waals surface area contributed by atoms with Crippen LogP contribution in [0.5, 0.6) is 0 Å². The Bertz CT molecular complexity index is 1170. The average molecular weight is 570 g/mol.